The van der Waals surface area contributed by atoms with Gasteiger partial charge in [0.15, 0.2) is 6.04 Å². The van der Waals surface area contributed by atoms with Crippen LogP contribution in [0.2, 0.25) is 0 Å². The molecule has 0 saturated carbocycles. The van der Waals surface area contributed by atoms with E-state index in [0.717, 1.165) is 48.9 Å². The van der Waals surface area contributed by atoms with Crippen LogP contribution in [-0.4, -0.2) is 52.3 Å². The van der Waals surface area contributed by atoms with E-state index >= 15 is 0 Å². The second-order valence-corrected chi connectivity index (χ2v) is 7.07. The van der Waals surface area contributed by atoms with Gasteiger partial charge in [-0.05, 0) is 25.1 Å². The van der Waals surface area contributed by atoms with Crippen LogP contribution in [0.4, 0.5) is 5.69 Å². The van der Waals surface area contributed by atoms with Crippen molar-refractivity contribution in [2.45, 2.75) is 19.5 Å². The predicted octanol–water partition coefficient (Wildman–Crippen LogP) is 1.11. The maximum absolute atomic E-state index is 12.7. The van der Waals surface area contributed by atoms with Gasteiger partial charge in [-0.25, -0.2) is 0 Å². The molecule has 28 heavy (non-hydrogen) atoms. The Balaban J connectivity index is 1.53. The lowest BCUT2D eigenvalue weighted by Gasteiger charge is -2.36. The number of amides is 1. The molecule has 150 valence electrons. The second kappa shape index (κ2) is 9.46. The van der Waals surface area contributed by atoms with Crippen LogP contribution < -0.4 is 24.6 Å². The van der Waals surface area contributed by atoms with Crippen LogP contribution >= 0.6 is 0 Å². The zero-order valence-corrected chi connectivity index (χ0v) is 16.9. The van der Waals surface area contributed by atoms with Crippen molar-refractivity contribution < 1.29 is 19.2 Å². The van der Waals surface area contributed by atoms with Crippen LogP contribution in [0, 0.1) is 0 Å². The van der Waals surface area contributed by atoms with Crippen molar-refractivity contribution in [3.05, 3.63) is 54.1 Å². The van der Waals surface area contributed by atoms with Crippen molar-refractivity contribution in [3.8, 4) is 11.5 Å². The van der Waals surface area contributed by atoms with E-state index in [-0.39, 0.29) is 11.9 Å². The van der Waals surface area contributed by atoms with E-state index in [9.17, 15) is 4.79 Å². The summed E-state index contributed by atoms with van der Waals surface area (Å²) in [7, 11) is 3.35. The number of anilines is 1. The quantitative estimate of drug-likeness (QED) is 0.751. The summed E-state index contributed by atoms with van der Waals surface area (Å²) < 4.78 is 10.8. The summed E-state index contributed by atoms with van der Waals surface area (Å²) in [5.41, 5.74) is 2.11. The van der Waals surface area contributed by atoms with Crippen molar-refractivity contribution in [3.63, 3.8) is 0 Å². The lowest BCUT2D eigenvalue weighted by atomic mass is 10.1. The molecule has 1 aliphatic heterocycles. The molecule has 2 aromatic rings. The number of ether oxygens (including phenoxy) is 2. The van der Waals surface area contributed by atoms with Gasteiger partial charge in [0, 0.05) is 12.1 Å². The molecule has 1 amide bonds. The third-order valence-corrected chi connectivity index (χ3v) is 5.48. The normalized spacial score (nSPS) is 15.8. The van der Waals surface area contributed by atoms with Crippen molar-refractivity contribution >= 4 is 11.6 Å². The number of nitrogens with zero attached hydrogens (tertiary/aromatic N) is 1. The minimum absolute atomic E-state index is 0.0756. The molecule has 0 radical (unpaired) electrons. The van der Waals surface area contributed by atoms with Crippen molar-refractivity contribution in [1.29, 1.82) is 0 Å². The number of piperazine rings is 1. The predicted molar refractivity (Wildman–Crippen MR) is 110 cm³/mol. The first kappa shape index (κ1) is 20.0. The summed E-state index contributed by atoms with van der Waals surface area (Å²) in [4.78, 5) is 16.3. The van der Waals surface area contributed by atoms with E-state index in [1.165, 1.54) is 4.90 Å². The van der Waals surface area contributed by atoms with Crippen LogP contribution in [-0.2, 0) is 11.3 Å². The Labute approximate surface area is 167 Å². The summed E-state index contributed by atoms with van der Waals surface area (Å²) >= 11 is 0. The lowest BCUT2D eigenvalue weighted by Crippen LogP contribution is -3.19. The summed E-state index contributed by atoms with van der Waals surface area (Å²) in [5, 5.41) is 3.06. The highest BCUT2D eigenvalue weighted by Crippen LogP contribution is 2.27. The van der Waals surface area contributed by atoms with E-state index in [0.29, 0.717) is 6.54 Å². The van der Waals surface area contributed by atoms with Gasteiger partial charge in [0.2, 0.25) is 0 Å². The fraction of sp³-hybridized carbons (Fsp3) is 0.409. The Bertz CT molecular complexity index is 788. The van der Waals surface area contributed by atoms with E-state index < -0.39 is 0 Å². The molecule has 6 nitrogen and oxygen atoms in total. The Kier molecular flexibility index (Phi) is 6.76. The van der Waals surface area contributed by atoms with Gasteiger partial charge in [0.1, 0.15) is 11.5 Å². The molecule has 3 rings (SSSR count). The fourth-order valence-electron chi connectivity index (χ4n) is 3.73. The Hall–Kier alpha value is -2.73. The van der Waals surface area contributed by atoms with Gasteiger partial charge in [-0.15, -0.1) is 0 Å². The zero-order valence-electron chi connectivity index (χ0n) is 16.9. The number of rotatable bonds is 7. The van der Waals surface area contributed by atoms with Gasteiger partial charge >= 0.3 is 0 Å². The second-order valence-electron chi connectivity index (χ2n) is 7.07. The van der Waals surface area contributed by atoms with Gasteiger partial charge in [0.25, 0.3) is 5.91 Å². The molecule has 1 atom stereocenters. The van der Waals surface area contributed by atoms with Crippen LogP contribution in [0.1, 0.15) is 12.5 Å². The number of para-hydroxylation sites is 3. The number of quaternary nitrogens is 1. The highest BCUT2D eigenvalue weighted by atomic mass is 16.5. The summed E-state index contributed by atoms with van der Waals surface area (Å²) in [6, 6.07) is 15.8. The van der Waals surface area contributed by atoms with Crippen molar-refractivity contribution in [2.75, 3.05) is 45.3 Å². The average Bonchev–Trinajstić information content (AvgIpc) is 2.77. The highest BCUT2D eigenvalue weighted by molar-refractivity contribution is 5.80. The Morgan fingerprint density at radius 1 is 1.04 bits per heavy atom. The number of methoxy groups -OCH3 is 2. The van der Waals surface area contributed by atoms with Gasteiger partial charge in [-0.2, -0.15) is 0 Å². The van der Waals surface area contributed by atoms with Crippen molar-refractivity contribution in [2.24, 2.45) is 0 Å². The summed E-state index contributed by atoms with van der Waals surface area (Å²) in [6.07, 6.45) is 0. The first-order chi connectivity index (χ1) is 13.6. The molecule has 0 aromatic heterocycles. The van der Waals surface area contributed by atoms with Gasteiger partial charge in [0.05, 0.1) is 46.1 Å². The molecule has 2 aromatic carbocycles. The molecule has 2 N–H and O–H groups in total. The first-order valence-corrected chi connectivity index (χ1v) is 9.76. The maximum Gasteiger partial charge on any atom is 0.278 e. The molecule has 1 heterocycles. The van der Waals surface area contributed by atoms with E-state index in [1.807, 2.05) is 49.4 Å². The number of hydrogen-bond acceptors (Lipinski definition) is 4. The number of nitrogens with one attached hydrogen (secondary N) is 2. The zero-order chi connectivity index (χ0) is 19.9. The minimum Gasteiger partial charge on any atom is -0.496 e. The van der Waals surface area contributed by atoms with Gasteiger partial charge < -0.3 is 24.6 Å². The highest BCUT2D eigenvalue weighted by Gasteiger charge is 2.29. The minimum atomic E-state index is -0.0884. The molecule has 1 saturated heterocycles. The smallest absolute Gasteiger partial charge is 0.278 e. The number of benzene rings is 2. The molecular formula is C22H30N3O3+. The third kappa shape index (κ3) is 4.57. The molecule has 1 aliphatic rings. The standard InChI is InChI=1S/C22H29N3O3/c1-17(22(26)23-16-18-8-4-6-10-20(18)27-2)24-12-14-25(15-13-24)19-9-5-7-11-21(19)28-3/h4-11,17H,12-16H2,1-3H3,(H,23,26)/p+1/t17-/m0/s1. The third-order valence-electron chi connectivity index (χ3n) is 5.48. The van der Waals surface area contributed by atoms with Gasteiger partial charge in [-0.3, -0.25) is 4.79 Å². The van der Waals surface area contributed by atoms with Crippen LogP contribution in [0.3, 0.4) is 0 Å². The van der Waals surface area contributed by atoms with E-state index in [1.54, 1.807) is 14.2 Å². The largest absolute Gasteiger partial charge is 0.496 e. The number of carbonyl (C=O) groups excluding carboxylic acids is 1. The van der Waals surface area contributed by atoms with E-state index in [2.05, 4.69) is 16.3 Å². The number of carbonyl (C=O) groups is 1. The maximum atomic E-state index is 12.7. The summed E-state index contributed by atoms with van der Waals surface area (Å²) in [5.74, 6) is 1.77. The molecule has 6 heteroatoms. The van der Waals surface area contributed by atoms with E-state index in [4.69, 9.17) is 9.47 Å². The monoisotopic (exact) mass is 384 g/mol. The molecule has 0 unspecified atom stereocenters. The average molecular weight is 385 g/mol. The van der Waals surface area contributed by atoms with Crippen molar-refractivity contribution in [1.82, 2.24) is 5.32 Å². The lowest BCUT2D eigenvalue weighted by molar-refractivity contribution is -0.914. The fourth-order valence-corrected chi connectivity index (χ4v) is 3.73. The molecular weight excluding hydrogens is 354 g/mol. The van der Waals surface area contributed by atoms with Crippen LogP contribution in [0.5, 0.6) is 11.5 Å². The number of hydrogen-bond donors (Lipinski definition) is 2. The van der Waals surface area contributed by atoms with Crippen LogP contribution in [0.15, 0.2) is 48.5 Å². The topological polar surface area (TPSA) is 55.2 Å². The molecule has 0 bridgehead atoms. The molecule has 0 aliphatic carbocycles. The van der Waals surface area contributed by atoms with Crippen LogP contribution in [0.25, 0.3) is 0 Å². The Morgan fingerprint density at radius 3 is 2.32 bits per heavy atom. The molecule has 0 spiro atoms. The Morgan fingerprint density at radius 2 is 1.64 bits per heavy atom. The summed E-state index contributed by atoms with van der Waals surface area (Å²) in [6.45, 7) is 6.13. The van der Waals surface area contributed by atoms with Gasteiger partial charge in [-0.1, -0.05) is 30.3 Å². The SMILES string of the molecule is COc1ccccc1CNC(=O)[C@H](C)[NH+]1CCN(c2ccccc2OC)CC1. The molecule has 1 fully saturated rings. The first-order valence-electron chi connectivity index (χ1n) is 9.76.